The molecule has 222 valence electrons. The quantitative estimate of drug-likeness (QED) is 0.186. The highest BCUT2D eigenvalue weighted by molar-refractivity contribution is 5.81. The first-order valence-corrected chi connectivity index (χ1v) is 14.9. The first kappa shape index (κ1) is 29.9. The highest BCUT2D eigenvalue weighted by Gasteiger charge is 2.40. The fraction of sp³-hybridized carbons (Fsp3) is 0.278. The zero-order valence-corrected chi connectivity index (χ0v) is 24.4. The molecule has 0 amide bonds. The average Bonchev–Trinajstić information content (AvgIpc) is 3.24. The third-order valence-electron chi connectivity index (χ3n) is 8.26. The zero-order chi connectivity index (χ0) is 30.0. The predicted molar refractivity (Wildman–Crippen MR) is 170 cm³/mol. The highest BCUT2D eigenvalue weighted by Crippen LogP contribution is 2.36. The normalized spacial score (nSPS) is 20.5. The number of hydrogen-bond donors (Lipinski definition) is 3. The number of hydrogen-bond acceptors (Lipinski definition) is 6. The van der Waals surface area contributed by atoms with Crippen LogP contribution in [0.4, 0.5) is 11.4 Å². The van der Waals surface area contributed by atoms with Gasteiger partial charge in [0.2, 0.25) is 0 Å². The van der Waals surface area contributed by atoms with E-state index >= 15 is 0 Å². The molecule has 2 aliphatic rings. The molecule has 2 aliphatic heterocycles. The fourth-order valence-electron chi connectivity index (χ4n) is 5.95. The maximum absolute atomic E-state index is 13.0. The number of carbonyl (C=O) groups excluding carboxylic acids is 1. The van der Waals surface area contributed by atoms with Crippen LogP contribution in [0.5, 0.6) is 0 Å². The number of rotatable bonds is 9. The number of para-hydroxylation sites is 2. The van der Waals surface area contributed by atoms with E-state index in [0.29, 0.717) is 12.1 Å². The van der Waals surface area contributed by atoms with Gasteiger partial charge < -0.3 is 25.4 Å². The second-order valence-corrected chi connectivity index (χ2v) is 11.1. The molecule has 7 heteroatoms. The number of aliphatic carboxylic acids is 1. The number of carboxylic acids is 1. The summed E-state index contributed by atoms with van der Waals surface area (Å²) in [4.78, 5) is 26.7. The van der Waals surface area contributed by atoms with Crippen molar-refractivity contribution in [2.45, 2.75) is 56.0 Å². The largest absolute Gasteiger partial charge is 0.479 e. The van der Waals surface area contributed by atoms with E-state index in [4.69, 9.17) is 4.74 Å². The molecule has 0 aliphatic carbocycles. The van der Waals surface area contributed by atoms with Gasteiger partial charge in [0.05, 0.1) is 0 Å². The lowest BCUT2D eigenvalue weighted by Gasteiger charge is -2.36. The summed E-state index contributed by atoms with van der Waals surface area (Å²) in [5.41, 5.74) is 3.38. The Hall–Kier alpha value is -4.62. The van der Waals surface area contributed by atoms with Crippen LogP contribution in [0.3, 0.4) is 0 Å². The molecule has 2 fully saturated rings. The van der Waals surface area contributed by atoms with Crippen LogP contribution < -0.4 is 10.6 Å². The summed E-state index contributed by atoms with van der Waals surface area (Å²) in [6.07, 6.45) is 4.37. The van der Waals surface area contributed by atoms with Gasteiger partial charge in [-0.3, -0.25) is 0 Å². The molecule has 0 saturated carbocycles. The lowest BCUT2D eigenvalue weighted by atomic mass is 10.00. The number of piperidine rings is 1. The van der Waals surface area contributed by atoms with E-state index in [2.05, 4.69) is 22.6 Å². The Morgan fingerprint density at radius 1 is 0.674 bits per heavy atom. The molecule has 2 bridgehead atoms. The van der Waals surface area contributed by atoms with Crippen LogP contribution in [-0.2, 0) is 14.3 Å². The van der Waals surface area contributed by atoms with Crippen LogP contribution in [0.2, 0.25) is 0 Å². The molecule has 4 aromatic carbocycles. The lowest BCUT2D eigenvalue weighted by Crippen LogP contribution is -2.44. The summed E-state index contributed by atoms with van der Waals surface area (Å²) in [6, 6.07) is 38.0. The Bertz CT molecular complexity index is 1420. The molecular weight excluding hydrogens is 538 g/mol. The molecule has 0 radical (unpaired) electrons. The van der Waals surface area contributed by atoms with Crippen molar-refractivity contribution in [3.63, 3.8) is 0 Å². The Kier molecular flexibility index (Phi) is 10.1. The number of esters is 1. The van der Waals surface area contributed by atoms with Gasteiger partial charge in [-0.15, -0.1) is 0 Å². The Balaban J connectivity index is 0.000000188. The summed E-state index contributed by atoms with van der Waals surface area (Å²) in [5, 5.41) is 15.6. The molecule has 2 heterocycles. The van der Waals surface area contributed by atoms with Gasteiger partial charge in [-0.25, -0.2) is 9.59 Å². The smallest absolute Gasteiger partial charge is 0.333 e. The van der Waals surface area contributed by atoms with Gasteiger partial charge in [-0.2, -0.15) is 0 Å². The second kappa shape index (κ2) is 14.5. The first-order valence-electron chi connectivity index (χ1n) is 14.9. The van der Waals surface area contributed by atoms with Crippen molar-refractivity contribution in [3.8, 4) is 0 Å². The van der Waals surface area contributed by atoms with E-state index < -0.39 is 18.1 Å². The monoisotopic (exact) mass is 577 g/mol. The van der Waals surface area contributed by atoms with Crippen LogP contribution >= 0.6 is 0 Å². The minimum atomic E-state index is -0.889. The summed E-state index contributed by atoms with van der Waals surface area (Å²) in [5.74, 6) is -1.07. The zero-order valence-electron chi connectivity index (χ0n) is 24.4. The van der Waals surface area contributed by atoms with Crippen molar-refractivity contribution in [2.24, 2.45) is 0 Å². The van der Waals surface area contributed by atoms with Crippen molar-refractivity contribution in [2.75, 3.05) is 17.7 Å². The molecule has 4 aromatic rings. The lowest BCUT2D eigenvalue weighted by molar-refractivity contribution is -0.153. The number of carboxylic acid groups (broad SMARTS) is 1. The molecule has 3 N–H and O–H groups in total. The van der Waals surface area contributed by atoms with Crippen molar-refractivity contribution in [3.05, 3.63) is 132 Å². The first-order chi connectivity index (χ1) is 21.0. The number of ether oxygens (including phenoxy) is 1. The van der Waals surface area contributed by atoms with E-state index in [1.807, 2.05) is 109 Å². The number of benzene rings is 4. The minimum Gasteiger partial charge on any atom is -0.479 e. The van der Waals surface area contributed by atoms with E-state index in [-0.39, 0.29) is 12.1 Å². The Labute approximate surface area is 253 Å². The number of nitrogens with one attached hydrogen (secondary N) is 2. The molecule has 0 spiro atoms. The Morgan fingerprint density at radius 3 is 1.51 bits per heavy atom. The third-order valence-corrected chi connectivity index (χ3v) is 8.26. The highest BCUT2D eigenvalue weighted by atomic mass is 16.5. The molecule has 4 atom stereocenters. The van der Waals surface area contributed by atoms with Crippen molar-refractivity contribution in [1.82, 2.24) is 4.90 Å². The molecule has 7 nitrogen and oxygen atoms in total. The number of carbonyl (C=O) groups is 2. The van der Waals surface area contributed by atoms with Crippen LogP contribution in [0.25, 0.3) is 0 Å². The van der Waals surface area contributed by atoms with Crippen molar-refractivity contribution >= 4 is 23.3 Å². The number of fused-ring (bicyclic) bond motifs is 2. The van der Waals surface area contributed by atoms with Crippen molar-refractivity contribution < 1.29 is 19.4 Å². The minimum absolute atomic E-state index is 0.0278. The predicted octanol–water partition coefficient (Wildman–Crippen LogP) is 6.93. The SMILES string of the molecule is CN1C2CCC1CC(OC(=O)C(Nc1ccccc1)c1ccccc1)C2.O=C(O)C(Nc1ccccc1)c1ccccc1. The maximum atomic E-state index is 13.0. The van der Waals surface area contributed by atoms with Crippen LogP contribution in [-0.4, -0.2) is 47.2 Å². The summed E-state index contributed by atoms with van der Waals surface area (Å²) in [6.45, 7) is 0. The molecule has 43 heavy (non-hydrogen) atoms. The molecule has 4 unspecified atom stereocenters. The van der Waals surface area contributed by atoms with Crippen LogP contribution in [0.1, 0.15) is 48.9 Å². The van der Waals surface area contributed by atoms with Gasteiger partial charge in [-0.05, 0) is 68.1 Å². The van der Waals surface area contributed by atoms with E-state index in [1.54, 1.807) is 12.1 Å². The van der Waals surface area contributed by atoms with E-state index in [1.165, 1.54) is 12.8 Å². The Morgan fingerprint density at radius 2 is 1.07 bits per heavy atom. The fourth-order valence-corrected chi connectivity index (χ4v) is 5.95. The van der Waals surface area contributed by atoms with E-state index in [0.717, 1.165) is 35.3 Å². The molecule has 0 aromatic heterocycles. The van der Waals surface area contributed by atoms with Gasteiger partial charge in [0.15, 0.2) is 12.1 Å². The van der Waals surface area contributed by atoms with Gasteiger partial charge in [0.25, 0.3) is 0 Å². The maximum Gasteiger partial charge on any atom is 0.333 e. The van der Waals surface area contributed by atoms with E-state index in [9.17, 15) is 14.7 Å². The molecule has 6 rings (SSSR count). The summed E-state index contributed by atoms with van der Waals surface area (Å²) >= 11 is 0. The van der Waals surface area contributed by atoms with Gasteiger partial charge in [0, 0.05) is 23.5 Å². The van der Waals surface area contributed by atoms with Gasteiger partial charge in [0.1, 0.15) is 6.10 Å². The standard InChI is InChI=1S/C22H26N2O2.C14H13NO2/c1-24-18-12-13-19(24)15-20(14-18)26-22(25)21(16-8-4-2-5-9-16)23-17-10-6-3-7-11-17;16-14(17)13(11-7-3-1-4-8-11)15-12-9-5-2-6-10-12/h2-11,18-21,23H,12-15H2,1H3;1-10,13,15H,(H,16,17). The van der Waals surface area contributed by atoms with Gasteiger partial charge in [-0.1, -0.05) is 97.1 Å². The molecule has 2 saturated heterocycles. The van der Waals surface area contributed by atoms with Crippen molar-refractivity contribution in [1.29, 1.82) is 0 Å². The molecular formula is C36H39N3O4. The second-order valence-electron chi connectivity index (χ2n) is 11.1. The topological polar surface area (TPSA) is 90.9 Å². The third kappa shape index (κ3) is 8.02. The number of nitrogens with zero attached hydrogens (tertiary/aromatic N) is 1. The summed E-state index contributed by atoms with van der Waals surface area (Å²) in [7, 11) is 2.20. The number of anilines is 2. The van der Waals surface area contributed by atoms with Crippen LogP contribution in [0.15, 0.2) is 121 Å². The average molecular weight is 578 g/mol. The summed E-state index contributed by atoms with van der Waals surface area (Å²) < 4.78 is 5.98. The van der Waals surface area contributed by atoms with Crippen LogP contribution in [0, 0.1) is 0 Å². The van der Waals surface area contributed by atoms with Gasteiger partial charge >= 0.3 is 11.9 Å².